The van der Waals surface area contributed by atoms with Crippen molar-refractivity contribution < 1.29 is 4.74 Å². The van der Waals surface area contributed by atoms with Crippen LogP contribution in [0.15, 0.2) is 194 Å². The highest BCUT2D eigenvalue weighted by molar-refractivity contribution is 5.97. The summed E-state index contributed by atoms with van der Waals surface area (Å²) in [5, 5.41) is 0. The van der Waals surface area contributed by atoms with Gasteiger partial charge in [-0.15, -0.1) is 0 Å². The van der Waals surface area contributed by atoms with E-state index in [2.05, 4.69) is 234 Å². The monoisotopic (exact) mass is 1090 g/mol. The molecule has 0 amide bonds. The molecular weight excluding hydrogens is 1000 g/mol. The second-order valence-electron chi connectivity index (χ2n) is 24.6. The minimum Gasteiger partial charge on any atom is -0.453 e. The average molecular weight is 1090 g/mol. The minimum absolute atomic E-state index is 0.583. The third-order valence-corrected chi connectivity index (χ3v) is 19.1. The van der Waals surface area contributed by atoms with Crippen LogP contribution in [-0.4, -0.2) is 0 Å². The van der Waals surface area contributed by atoms with Crippen LogP contribution in [0.4, 0.5) is 17.1 Å². The highest BCUT2D eigenvalue weighted by atomic mass is 16.5. The summed E-state index contributed by atoms with van der Waals surface area (Å²) in [6, 6.07) is 76.5. The average Bonchev–Trinajstić information content (AvgIpc) is 1.69. The predicted molar refractivity (Wildman–Crippen MR) is 352 cm³/mol. The molecule has 1 heterocycles. The van der Waals surface area contributed by atoms with E-state index in [0.717, 1.165) is 54.2 Å². The fourth-order valence-corrected chi connectivity index (χ4v) is 14.6. The summed E-state index contributed by atoms with van der Waals surface area (Å²) in [4.78, 5) is 2.53. The topological polar surface area (TPSA) is 12.5 Å². The van der Waals surface area contributed by atoms with Crippen molar-refractivity contribution in [2.24, 2.45) is 0 Å². The maximum Gasteiger partial charge on any atom is 0.152 e. The molecule has 2 aliphatic carbocycles. The maximum atomic E-state index is 7.53. The molecule has 0 unspecified atom stereocenters. The predicted octanol–water partition coefficient (Wildman–Crippen LogP) is 22.8. The van der Waals surface area contributed by atoms with Crippen LogP contribution in [0.25, 0.3) is 22.3 Å². The molecule has 0 atom stereocenters. The van der Waals surface area contributed by atoms with Gasteiger partial charge in [0.05, 0.1) is 22.2 Å². The summed E-state index contributed by atoms with van der Waals surface area (Å²) >= 11 is 0. The van der Waals surface area contributed by atoms with Crippen molar-refractivity contribution in [3.8, 4) is 33.8 Å². The Balaban J connectivity index is 1.06. The molecule has 0 bridgehead atoms. The van der Waals surface area contributed by atoms with Crippen LogP contribution in [0.5, 0.6) is 11.5 Å². The molecule has 0 fully saturated rings. The Morgan fingerprint density at radius 2 is 0.639 bits per heavy atom. The van der Waals surface area contributed by atoms with E-state index in [9.17, 15) is 0 Å². The zero-order chi connectivity index (χ0) is 56.8. The quantitative estimate of drug-likeness (QED) is 0.0529. The summed E-state index contributed by atoms with van der Waals surface area (Å²) in [5.74, 6) is 1.74. The van der Waals surface area contributed by atoms with Crippen molar-refractivity contribution in [2.75, 3.05) is 4.90 Å². The van der Waals surface area contributed by atoms with Gasteiger partial charge in [0, 0.05) is 5.69 Å². The van der Waals surface area contributed by atoms with Crippen molar-refractivity contribution in [2.45, 2.75) is 174 Å². The molecule has 0 spiro atoms. The first kappa shape index (κ1) is 56.1. The zero-order valence-corrected chi connectivity index (χ0v) is 50.5. The van der Waals surface area contributed by atoms with Gasteiger partial charge in [0.2, 0.25) is 0 Å². The van der Waals surface area contributed by atoms with E-state index in [1.165, 1.54) is 197 Å². The van der Waals surface area contributed by atoms with Gasteiger partial charge < -0.3 is 9.64 Å². The second kappa shape index (κ2) is 25.2. The molecule has 12 rings (SSSR count). The SMILES string of the molecule is CCCCCCc1ccc(C2(c3ccc(CCCCCC)cc3)c3ccccc3-c3cc4c(cc32)N(c2ccc(C)cc2)c2cc3c(cc2O4)-c2ccccc2C3(c2ccc(CCCCCC)cc2)c2ccc(CCCCCC)cc2)cc1. The smallest absolute Gasteiger partial charge is 0.152 e. The van der Waals surface area contributed by atoms with E-state index in [1.807, 2.05) is 0 Å². The zero-order valence-electron chi connectivity index (χ0n) is 50.5. The number of hydrogen-bond acceptors (Lipinski definition) is 2. The minimum atomic E-state index is -0.583. The third kappa shape index (κ3) is 10.6. The third-order valence-electron chi connectivity index (χ3n) is 19.1. The van der Waals surface area contributed by atoms with Gasteiger partial charge in [0.1, 0.15) is 0 Å². The number of rotatable bonds is 25. The van der Waals surface area contributed by atoms with Crippen LogP contribution in [0.2, 0.25) is 0 Å². The number of unbranched alkanes of at least 4 members (excludes halogenated alkanes) is 12. The van der Waals surface area contributed by atoms with Crippen LogP contribution in [0, 0.1) is 6.92 Å². The maximum absolute atomic E-state index is 7.53. The molecule has 0 saturated heterocycles. The van der Waals surface area contributed by atoms with E-state index in [4.69, 9.17) is 4.74 Å². The fourth-order valence-electron chi connectivity index (χ4n) is 14.6. The van der Waals surface area contributed by atoms with E-state index in [1.54, 1.807) is 0 Å². The van der Waals surface area contributed by atoms with Crippen molar-refractivity contribution >= 4 is 17.1 Å². The lowest BCUT2D eigenvalue weighted by atomic mass is 9.67. The first-order chi connectivity index (χ1) is 40.9. The summed E-state index contributed by atoms with van der Waals surface area (Å²) in [6.07, 6.45) is 24.6. The summed E-state index contributed by atoms with van der Waals surface area (Å²) in [5.41, 5.74) is 24.4. The molecule has 2 heteroatoms. The largest absolute Gasteiger partial charge is 0.453 e. The molecule has 9 aromatic carbocycles. The van der Waals surface area contributed by atoms with Gasteiger partial charge in [-0.1, -0.05) is 268 Å². The van der Waals surface area contributed by atoms with Crippen LogP contribution >= 0.6 is 0 Å². The number of benzene rings is 9. The molecule has 422 valence electrons. The normalized spacial score (nSPS) is 13.9. The molecule has 1 aliphatic heterocycles. The summed E-state index contributed by atoms with van der Waals surface area (Å²) in [6.45, 7) is 11.4. The van der Waals surface area contributed by atoms with E-state index in [0.29, 0.717) is 0 Å². The first-order valence-electron chi connectivity index (χ1n) is 32.4. The fraction of sp³-hybridized carbons (Fsp3) is 0.333. The Labute approximate surface area is 498 Å². The Kier molecular flexibility index (Phi) is 17.0. The lowest BCUT2D eigenvalue weighted by Crippen LogP contribution is -2.30. The molecule has 0 radical (unpaired) electrons. The lowest BCUT2D eigenvalue weighted by Gasteiger charge is -2.38. The summed E-state index contributed by atoms with van der Waals surface area (Å²) in [7, 11) is 0. The molecule has 0 N–H and O–H groups in total. The standard InChI is InChI=1S/C81H87NO/c1-6-10-14-18-26-59-36-44-63(45-37-59)80(64-46-38-60(39-47-64)27-19-15-11-7-2)72-32-24-22-30-68(72)70-54-78-76(56-74(70)80)82(67-52-34-58(5)35-53-67)77-57-75-71(55-79(77)83-78)69-31-23-25-33-73(69)81(75,65-48-40-61(41-49-65)28-20-16-12-8-3)66-50-42-62(43-51-66)29-21-17-13-9-4/h22-25,30-57H,6-21,26-29H2,1-5H3. The Bertz CT molecular complexity index is 3310. The molecule has 83 heavy (non-hydrogen) atoms. The van der Waals surface area contributed by atoms with Crippen LogP contribution in [-0.2, 0) is 36.5 Å². The van der Waals surface area contributed by atoms with Gasteiger partial charge >= 0.3 is 0 Å². The lowest BCUT2D eigenvalue weighted by molar-refractivity contribution is 0.476. The molecular formula is C81H87NO. The van der Waals surface area contributed by atoms with Gasteiger partial charge in [-0.3, -0.25) is 0 Å². The van der Waals surface area contributed by atoms with Crippen LogP contribution in [0.1, 0.15) is 203 Å². The Hall–Kier alpha value is -7.42. The van der Waals surface area contributed by atoms with Crippen molar-refractivity contribution in [3.63, 3.8) is 0 Å². The van der Waals surface area contributed by atoms with Gasteiger partial charge in [0.15, 0.2) is 11.5 Å². The van der Waals surface area contributed by atoms with Crippen molar-refractivity contribution in [3.05, 3.63) is 266 Å². The van der Waals surface area contributed by atoms with Gasteiger partial charge in [-0.25, -0.2) is 0 Å². The molecule has 2 nitrogen and oxygen atoms in total. The number of nitrogens with zero attached hydrogens (tertiary/aromatic N) is 1. The van der Waals surface area contributed by atoms with Crippen molar-refractivity contribution in [1.82, 2.24) is 0 Å². The summed E-state index contributed by atoms with van der Waals surface area (Å²) < 4.78 is 7.53. The first-order valence-corrected chi connectivity index (χ1v) is 32.4. The van der Waals surface area contributed by atoms with E-state index < -0.39 is 10.8 Å². The number of fused-ring (bicyclic) bond motifs is 8. The van der Waals surface area contributed by atoms with Crippen LogP contribution in [0.3, 0.4) is 0 Å². The van der Waals surface area contributed by atoms with Gasteiger partial charge in [-0.05, 0) is 184 Å². The van der Waals surface area contributed by atoms with E-state index in [-0.39, 0.29) is 0 Å². The molecule has 0 saturated carbocycles. The Morgan fingerprint density at radius 3 is 0.964 bits per heavy atom. The molecule has 9 aromatic rings. The van der Waals surface area contributed by atoms with E-state index >= 15 is 0 Å². The van der Waals surface area contributed by atoms with Gasteiger partial charge in [0.25, 0.3) is 0 Å². The highest BCUT2D eigenvalue weighted by Gasteiger charge is 2.50. The van der Waals surface area contributed by atoms with Gasteiger partial charge in [-0.2, -0.15) is 0 Å². The van der Waals surface area contributed by atoms with Crippen molar-refractivity contribution in [1.29, 1.82) is 0 Å². The number of hydrogen-bond donors (Lipinski definition) is 0. The number of ether oxygens (including phenoxy) is 1. The number of aryl methyl sites for hydroxylation is 5. The molecule has 0 aromatic heterocycles. The molecule has 3 aliphatic rings. The van der Waals surface area contributed by atoms with Crippen LogP contribution < -0.4 is 9.64 Å². The highest BCUT2D eigenvalue weighted by Crippen LogP contribution is 2.64. The Morgan fingerprint density at radius 1 is 0.313 bits per heavy atom. The number of anilines is 3. The second-order valence-corrected chi connectivity index (χ2v) is 24.6.